The molecule has 4 aromatic rings. The highest BCUT2D eigenvalue weighted by molar-refractivity contribution is 14.1. The maximum Gasteiger partial charge on any atom is 0.282 e. The zero-order valence-corrected chi connectivity index (χ0v) is 25.1. The summed E-state index contributed by atoms with van der Waals surface area (Å²) in [5.41, 5.74) is 1.06. The number of aromatic nitrogens is 2. The number of carbonyl (C=O) groups excluding carboxylic acids is 1. The minimum atomic E-state index is -0.534. The topological polar surface area (TPSA) is 94.8 Å². The first kappa shape index (κ1) is 28.7. The van der Waals surface area contributed by atoms with Crippen molar-refractivity contribution in [3.63, 3.8) is 0 Å². The lowest BCUT2D eigenvalue weighted by atomic mass is 10.2. The monoisotopic (exact) mass is 706 g/mol. The first-order valence-corrected chi connectivity index (χ1v) is 13.9. The number of para-hydroxylation sites is 1. The van der Waals surface area contributed by atoms with Gasteiger partial charge in [-0.3, -0.25) is 9.59 Å². The second-order valence-electron chi connectivity index (χ2n) is 8.73. The van der Waals surface area contributed by atoms with E-state index >= 15 is 0 Å². The molecule has 0 aliphatic rings. The van der Waals surface area contributed by atoms with Crippen molar-refractivity contribution in [3.8, 4) is 11.5 Å². The predicted molar refractivity (Wildman–Crippen MR) is 162 cm³/mol. The second-order valence-corrected chi connectivity index (χ2v) is 10.8. The number of benzene rings is 3. The highest BCUT2D eigenvalue weighted by Crippen LogP contribution is 2.34. The molecule has 1 N–H and O–H groups in total. The van der Waals surface area contributed by atoms with Gasteiger partial charge in [-0.05, 0) is 77.5 Å². The average Bonchev–Trinajstić information content (AvgIpc) is 2.89. The van der Waals surface area contributed by atoms with Crippen LogP contribution in [0.15, 0.2) is 69.0 Å². The maximum atomic E-state index is 13.9. The summed E-state index contributed by atoms with van der Waals surface area (Å²) < 4.78 is 28.1. The molecule has 1 amide bonds. The van der Waals surface area contributed by atoms with Crippen molar-refractivity contribution in [2.24, 2.45) is 5.10 Å². The SMILES string of the molecule is CCOc1cc(C=Nn2c(C(C)C)nc3ccc(Br)cc3c2=O)cc(I)c1OCC(=O)Nc1ccccc1F. The van der Waals surface area contributed by atoms with Gasteiger partial charge in [0.1, 0.15) is 11.6 Å². The molecule has 0 radical (unpaired) electrons. The van der Waals surface area contributed by atoms with Crippen LogP contribution in [0.4, 0.5) is 10.1 Å². The number of rotatable bonds is 9. The Labute approximate surface area is 246 Å². The Morgan fingerprint density at radius 3 is 2.69 bits per heavy atom. The van der Waals surface area contributed by atoms with Gasteiger partial charge in [-0.1, -0.05) is 41.9 Å². The third kappa shape index (κ3) is 6.82. The summed E-state index contributed by atoms with van der Waals surface area (Å²) in [6, 6.07) is 14.8. The van der Waals surface area contributed by atoms with Crippen LogP contribution in [0.3, 0.4) is 0 Å². The van der Waals surface area contributed by atoms with Gasteiger partial charge < -0.3 is 14.8 Å². The molecule has 0 saturated carbocycles. The van der Waals surface area contributed by atoms with Crippen molar-refractivity contribution in [1.82, 2.24) is 9.66 Å². The number of hydrogen-bond donors (Lipinski definition) is 1. The number of halogens is 3. The lowest BCUT2D eigenvalue weighted by Gasteiger charge is -2.15. The molecule has 0 fully saturated rings. The van der Waals surface area contributed by atoms with E-state index in [1.807, 2.05) is 26.8 Å². The Morgan fingerprint density at radius 2 is 1.97 bits per heavy atom. The fourth-order valence-electron chi connectivity index (χ4n) is 3.73. The normalized spacial score (nSPS) is 11.4. The molecule has 0 saturated heterocycles. The fraction of sp³-hybridized carbons (Fsp3) is 0.214. The summed E-state index contributed by atoms with van der Waals surface area (Å²) in [6.45, 7) is 5.74. The van der Waals surface area contributed by atoms with Gasteiger partial charge in [0.15, 0.2) is 18.1 Å². The van der Waals surface area contributed by atoms with Crippen LogP contribution < -0.4 is 20.3 Å². The second kappa shape index (κ2) is 12.7. The van der Waals surface area contributed by atoms with Gasteiger partial charge in [0.2, 0.25) is 0 Å². The van der Waals surface area contributed by atoms with Crippen LogP contribution in [0.1, 0.15) is 38.1 Å². The molecule has 4 rings (SSSR count). The van der Waals surface area contributed by atoms with E-state index in [-0.39, 0.29) is 23.8 Å². The largest absolute Gasteiger partial charge is 0.490 e. The summed E-state index contributed by atoms with van der Waals surface area (Å²) in [7, 11) is 0. The molecule has 0 unspecified atom stereocenters. The molecule has 0 atom stereocenters. The van der Waals surface area contributed by atoms with Crippen molar-refractivity contribution < 1.29 is 18.7 Å². The smallest absolute Gasteiger partial charge is 0.282 e. The van der Waals surface area contributed by atoms with Gasteiger partial charge in [-0.15, -0.1) is 0 Å². The number of carbonyl (C=O) groups is 1. The van der Waals surface area contributed by atoms with Crippen molar-refractivity contribution in [1.29, 1.82) is 0 Å². The van der Waals surface area contributed by atoms with Gasteiger partial charge in [-0.25, -0.2) is 9.37 Å². The Hall–Kier alpha value is -3.32. The fourth-order valence-corrected chi connectivity index (χ4v) is 4.87. The molecule has 0 aliphatic heterocycles. The van der Waals surface area contributed by atoms with Crippen LogP contribution in [0.2, 0.25) is 0 Å². The van der Waals surface area contributed by atoms with E-state index in [9.17, 15) is 14.0 Å². The van der Waals surface area contributed by atoms with Gasteiger partial charge in [0.05, 0.1) is 33.0 Å². The number of nitrogens with zero attached hydrogens (tertiary/aromatic N) is 3. The molecule has 3 aromatic carbocycles. The van der Waals surface area contributed by atoms with Crippen LogP contribution in [0.5, 0.6) is 11.5 Å². The lowest BCUT2D eigenvalue weighted by molar-refractivity contribution is -0.118. The zero-order valence-electron chi connectivity index (χ0n) is 21.4. The quantitative estimate of drug-likeness (QED) is 0.162. The van der Waals surface area contributed by atoms with E-state index in [4.69, 9.17) is 9.47 Å². The summed E-state index contributed by atoms with van der Waals surface area (Å²) in [5, 5.41) is 7.42. The van der Waals surface area contributed by atoms with E-state index in [0.29, 0.717) is 44.0 Å². The third-order valence-corrected chi connectivity index (χ3v) is 6.79. The first-order valence-electron chi connectivity index (χ1n) is 12.1. The molecule has 1 aromatic heterocycles. The Kier molecular flexibility index (Phi) is 9.33. The zero-order chi connectivity index (χ0) is 28.1. The van der Waals surface area contributed by atoms with E-state index in [1.54, 1.807) is 42.6 Å². The molecule has 39 heavy (non-hydrogen) atoms. The summed E-state index contributed by atoms with van der Waals surface area (Å²) in [5.74, 6) is 0.213. The van der Waals surface area contributed by atoms with Crippen molar-refractivity contribution in [2.75, 3.05) is 18.5 Å². The molecular weight excluding hydrogens is 682 g/mol. The number of anilines is 1. The number of hydrogen-bond acceptors (Lipinski definition) is 6. The maximum absolute atomic E-state index is 13.9. The standard InChI is InChI=1S/C28H25BrFIN4O4/c1-4-38-24-12-17(11-21(31)26(24)39-15-25(36)33-23-8-6-5-7-20(23)30)14-32-35-27(16(2)3)34-22-10-9-18(29)13-19(22)28(35)37/h5-14,16H,4,15H2,1-3H3,(H,33,36). The van der Waals surface area contributed by atoms with E-state index in [0.717, 1.165) is 4.47 Å². The number of fused-ring (bicyclic) bond motifs is 1. The first-order chi connectivity index (χ1) is 18.7. The number of amides is 1. The van der Waals surface area contributed by atoms with Gasteiger partial charge in [-0.2, -0.15) is 9.78 Å². The summed E-state index contributed by atoms with van der Waals surface area (Å²) >= 11 is 5.49. The van der Waals surface area contributed by atoms with E-state index in [2.05, 4.69) is 53.9 Å². The molecule has 0 aliphatic carbocycles. The highest BCUT2D eigenvalue weighted by atomic mass is 127. The lowest BCUT2D eigenvalue weighted by Crippen LogP contribution is -2.23. The van der Waals surface area contributed by atoms with Crippen molar-refractivity contribution >= 4 is 67.2 Å². The molecule has 0 bridgehead atoms. The van der Waals surface area contributed by atoms with Crippen LogP contribution in [0, 0.1) is 9.39 Å². The molecule has 11 heteroatoms. The Morgan fingerprint density at radius 1 is 1.21 bits per heavy atom. The Balaban J connectivity index is 1.62. The van der Waals surface area contributed by atoms with Gasteiger partial charge >= 0.3 is 0 Å². The summed E-state index contributed by atoms with van der Waals surface area (Å²) in [4.78, 5) is 30.3. The molecule has 1 heterocycles. The summed E-state index contributed by atoms with van der Waals surface area (Å²) in [6.07, 6.45) is 1.55. The minimum Gasteiger partial charge on any atom is -0.490 e. The van der Waals surface area contributed by atoms with Crippen molar-refractivity contribution in [2.45, 2.75) is 26.7 Å². The highest BCUT2D eigenvalue weighted by Gasteiger charge is 2.16. The van der Waals surface area contributed by atoms with Crippen molar-refractivity contribution in [3.05, 3.63) is 90.2 Å². The molecule has 0 spiro atoms. The minimum absolute atomic E-state index is 0.0479. The van der Waals surface area contributed by atoms with Gasteiger partial charge in [0.25, 0.3) is 11.5 Å². The molecule has 8 nitrogen and oxygen atoms in total. The van der Waals surface area contributed by atoms with Crippen LogP contribution in [0.25, 0.3) is 10.9 Å². The van der Waals surface area contributed by atoms with E-state index in [1.165, 1.54) is 16.8 Å². The van der Waals surface area contributed by atoms with Crippen LogP contribution in [-0.2, 0) is 4.79 Å². The van der Waals surface area contributed by atoms with Gasteiger partial charge in [0, 0.05) is 10.4 Å². The van der Waals surface area contributed by atoms with Crippen LogP contribution >= 0.6 is 38.5 Å². The average molecular weight is 707 g/mol. The molecule has 202 valence electrons. The number of nitrogens with one attached hydrogen (secondary N) is 1. The number of ether oxygens (including phenoxy) is 2. The third-order valence-electron chi connectivity index (χ3n) is 5.50. The predicted octanol–water partition coefficient (Wildman–Crippen LogP) is 6.32. The molecular formula is C28H25BrFIN4O4. The van der Waals surface area contributed by atoms with E-state index < -0.39 is 11.7 Å². The Bertz CT molecular complexity index is 1620. The van der Waals surface area contributed by atoms with Crippen LogP contribution in [-0.4, -0.2) is 35.0 Å².